The van der Waals surface area contributed by atoms with Crippen LogP contribution in [0.1, 0.15) is 0 Å². The summed E-state index contributed by atoms with van der Waals surface area (Å²) >= 11 is 2.90. The Hall–Kier alpha value is 0.400. The third-order valence-corrected chi connectivity index (χ3v) is 0.327. The van der Waals surface area contributed by atoms with Crippen LogP contribution in [-0.4, -0.2) is 5.52 Å². The predicted molar refractivity (Wildman–Crippen MR) is 19.1 cm³/mol. The first-order valence-corrected chi connectivity index (χ1v) is 1.91. The summed E-state index contributed by atoms with van der Waals surface area (Å²) in [6.07, 6.45) is 0. The van der Waals surface area contributed by atoms with Crippen molar-refractivity contribution in [2.45, 2.75) is 0 Å². The molecular formula is CH4BrNO. The molecule has 0 spiro atoms. The van der Waals surface area contributed by atoms with Crippen molar-refractivity contribution >= 4 is 15.9 Å². The molecule has 0 heterocycles. The average molecular weight is 126 g/mol. The van der Waals surface area contributed by atoms with Crippen molar-refractivity contribution in [1.82, 2.24) is 0 Å². The van der Waals surface area contributed by atoms with Gasteiger partial charge in [0.05, 0.1) is 0 Å². The molecule has 0 bridgehead atoms. The predicted octanol–water partition coefficient (Wildman–Crippen LogP) is 0.229. The Bertz CT molecular complexity index is 10.0. The highest BCUT2D eigenvalue weighted by molar-refractivity contribution is 9.09. The van der Waals surface area contributed by atoms with Crippen LogP contribution in [0.2, 0.25) is 0 Å². The van der Waals surface area contributed by atoms with Crippen LogP contribution in [0, 0.1) is 0 Å². The molecular weight excluding hydrogens is 122 g/mol. The van der Waals surface area contributed by atoms with Gasteiger partial charge in [-0.3, -0.25) is 4.84 Å². The van der Waals surface area contributed by atoms with Gasteiger partial charge >= 0.3 is 0 Å². The quantitative estimate of drug-likeness (QED) is 0.403. The average Bonchev–Trinajstić information content (AvgIpc) is 1.37. The van der Waals surface area contributed by atoms with Crippen LogP contribution < -0.4 is 5.90 Å². The molecule has 2 nitrogen and oxygen atoms in total. The van der Waals surface area contributed by atoms with Crippen LogP contribution in [0.15, 0.2) is 0 Å². The Morgan fingerprint density at radius 3 is 2.25 bits per heavy atom. The monoisotopic (exact) mass is 125 g/mol. The van der Waals surface area contributed by atoms with E-state index in [1.807, 2.05) is 0 Å². The lowest BCUT2D eigenvalue weighted by atomic mass is 11.7. The van der Waals surface area contributed by atoms with Crippen molar-refractivity contribution in [2.24, 2.45) is 5.90 Å². The van der Waals surface area contributed by atoms with Gasteiger partial charge in [0.1, 0.15) is 5.52 Å². The van der Waals surface area contributed by atoms with Gasteiger partial charge in [0, 0.05) is 0 Å². The SMILES string of the molecule is NOCBr. The Balaban J connectivity index is 1.97. The van der Waals surface area contributed by atoms with Gasteiger partial charge in [-0.1, -0.05) is 15.9 Å². The minimum Gasteiger partial charge on any atom is -0.293 e. The van der Waals surface area contributed by atoms with Gasteiger partial charge in [0.15, 0.2) is 0 Å². The van der Waals surface area contributed by atoms with E-state index < -0.39 is 0 Å². The normalized spacial score (nSPS) is 7.50. The maximum absolute atomic E-state index is 4.48. The molecule has 0 saturated heterocycles. The maximum Gasteiger partial charge on any atom is 0.123 e. The molecule has 0 rings (SSSR count). The van der Waals surface area contributed by atoms with Crippen LogP contribution in [-0.2, 0) is 4.84 Å². The minimum absolute atomic E-state index is 0.410. The molecule has 0 amide bonds. The molecule has 2 N–H and O–H groups in total. The van der Waals surface area contributed by atoms with Gasteiger partial charge in [-0.2, -0.15) is 0 Å². The number of nitrogens with two attached hydrogens (primary N) is 1. The molecule has 0 radical (unpaired) electrons. The zero-order valence-electron chi connectivity index (χ0n) is 2.07. The molecule has 0 unspecified atom stereocenters. The van der Waals surface area contributed by atoms with Crippen molar-refractivity contribution in [2.75, 3.05) is 5.52 Å². The van der Waals surface area contributed by atoms with Gasteiger partial charge in [0.2, 0.25) is 0 Å². The molecule has 0 saturated carbocycles. The Morgan fingerprint density at radius 2 is 2.25 bits per heavy atom. The van der Waals surface area contributed by atoms with Gasteiger partial charge in [-0.05, 0) is 0 Å². The molecule has 0 aromatic carbocycles. The molecule has 4 heavy (non-hydrogen) atoms. The molecule has 0 aliphatic carbocycles. The van der Waals surface area contributed by atoms with Crippen molar-refractivity contribution in [3.63, 3.8) is 0 Å². The standard InChI is InChI=1S/CH4BrNO/c2-1-4-3/h1,3H2. The summed E-state index contributed by atoms with van der Waals surface area (Å²) in [5.74, 6) is 4.48. The second-order valence-electron chi connectivity index (χ2n) is 0.276. The molecule has 0 aliphatic rings. The highest BCUT2D eigenvalue weighted by Gasteiger charge is 1.54. The number of hydrogen-bond donors (Lipinski definition) is 1. The summed E-state index contributed by atoms with van der Waals surface area (Å²) in [6.45, 7) is 0. The first kappa shape index (κ1) is 4.40. The fraction of sp³-hybridized carbons (Fsp3) is 1.00. The second-order valence-corrected chi connectivity index (χ2v) is 0.734. The van der Waals surface area contributed by atoms with Crippen LogP contribution >= 0.6 is 15.9 Å². The van der Waals surface area contributed by atoms with Gasteiger partial charge < -0.3 is 0 Å². The van der Waals surface area contributed by atoms with Crippen molar-refractivity contribution < 1.29 is 4.84 Å². The number of rotatable bonds is 1. The van der Waals surface area contributed by atoms with E-state index >= 15 is 0 Å². The van der Waals surface area contributed by atoms with Crippen LogP contribution in [0.5, 0.6) is 0 Å². The number of alkyl halides is 1. The summed E-state index contributed by atoms with van der Waals surface area (Å²) in [7, 11) is 0. The first-order valence-electron chi connectivity index (χ1n) is 0.792. The fourth-order valence-corrected chi connectivity index (χ4v) is 0. The Morgan fingerprint density at radius 1 is 2.00 bits per heavy atom. The minimum atomic E-state index is 0.410. The zero-order valence-corrected chi connectivity index (χ0v) is 3.66. The van der Waals surface area contributed by atoms with E-state index in [1.54, 1.807) is 0 Å². The second kappa shape index (κ2) is 3.40. The van der Waals surface area contributed by atoms with Crippen molar-refractivity contribution in [1.29, 1.82) is 0 Å². The molecule has 0 fully saturated rings. The molecule has 0 aliphatic heterocycles. The molecule has 0 aromatic heterocycles. The van der Waals surface area contributed by atoms with E-state index in [0.717, 1.165) is 0 Å². The van der Waals surface area contributed by atoms with Crippen molar-refractivity contribution in [3.8, 4) is 0 Å². The van der Waals surface area contributed by atoms with Crippen LogP contribution in [0.4, 0.5) is 0 Å². The van der Waals surface area contributed by atoms with Gasteiger partial charge in [-0.25, -0.2) is 5.90 Å². The smallest absolute Gasteiger partial charge is 0.123 e. The zero-order chi connectivity index (χ0) is 3.41. The Kier molecular flexibility index (Phi) is 3.74. The lowest BCUT2D eigenvalue weighted by molar-refractivity contribution is 0.193. The van der Waals surface area contributed by atoms with Gasteiger partial charge in [-0.15, -0.1) is 0 Å². The summed E-state index contributed by atoms with van der Waals surface area (Å²) in [4.78, 5) is 3.96. The van der Waals surface area contributed by atoms with Crippen LogP contribution in [0.3, 0.4) is 0 Å². The van der Waals surface area contributed by atoms with E-state index in [4.69, 9.17) is 0 Å². The van der Waals surface area contributed by atoms with E-state index in [1.165, 1.54) is 0 Å². The highest BCUT2D eigenvalue weighted by Crippen LogP contribution is 1.69. The third-order valence-electron chi connectivity index (χ3n) is 0.0630. The van der Waals surface area contributed by atoms with Crippen LogP contribution in [0.25, 0.3) is 0 Å². The van der Waals surface area contributed by atoms with E-state index in [9.17, 15) is 0 Å². The van der Waals surface area contributed by atoms with Crippen molar-refractivity contribution in [3.05, 3.63) is 0 Å². The third kappa shape index (κ3) is 2.40. The molecule has 0 atom stereocenters. The van der Waals surface area contributed by atoms with E-state index in [2.05, 4.69) is 26.7 Å². The topological polar surface area (TPSA) is 35.2 Å². The maximum atomic E-state index is 4.48. The lowest BCUT2D eigenvalue weighted by Crippen LogP contribution is -1.92. The van der Waals surface area contributed by atoms with E-state index in [0.29, 0.717) is 5.52 Å². The molecule has 26 valence electrons. The summed E-state index contributed by atoms with van der Waals surface area (Å²) in [5, 5.41) is 0. The van der Waals surface area contributed by atoms with Gasteiger partial charge in [0.25, 0.3) is 0 Å². The first-order chi connectivity index (χ1) is 1.91. The fourth-order valence-electron chi connectivity index (χ4n) is 0. The lowest BCUT2D eigenvalue weighted by Gasteiger charge is -1.74. The number of halogens is 1. The Labute approximate surface area is 33.0 Å². The molecule has 3 heteroatoms. The summed E-state index contributed by atoms with van der Waals surface area (Å²) in [5.41, 5.74) is 0.410. The van der Waals surface area contributed by atoms with E-state index in [-0.39, 0.29) is 0 Å². The summed E-state index contributed by atoms with van der Waals surface area (Å²) in [6, 6.07) is 0. The summed E-state index contributed by atoms with van der Waals surface area (Å²) < 4.78 is 0. The highest BCUT2D eigenvalue weighted by atomic mass is 79.9. The molecule has 0 aromatic rings. The largest absolute Gasteiger partial charge is 0.293 e. The number of hydrogen-bond acceptors (Lipinski definition) is 2.